The van der Waals surface area contributed by atoms with E-state index in [1.54, 1.807) is 0 Å². The van der Waals surface area contributed by atoms with Crippen molar-refractivity contribution in [2.45, 2.75) is 13.1 Å². The van der Waals surface area contributed by atoms with Crippen molar-refractivity contribution in [3.05, 3.63) is 41.2 Å². The van der Waals surface area contributed by atoms with Crippen molar-refractivity contribution in [3.8, 4) is 0 Å². The van der Waals surface area contributed by atoms with Gasteiger partial charge in [-0.15, -0.1) is 0 Å². The van der Waals surface area contributed by atoms with Gasteiger partial charge in [-0.1, -0.05) is 0 Å². The quantitative estimate of drug-likeness (QED) is 0.305. The SMILES string of the molecule is CCOC(=O)C(=O)/C=C(/O)c1cc(F)cc(C(F)(F)F)c1. The summed E-state index contributed by atoms with van der Waals surface area (Å²) in [6.45, 7) is 1.36. The molecule has 0 spiro atoms. The number of ketones is 1. The number of halogens is 4. The third-order valence-corrected chi connectivity index (χ3v) is 2.27. The second-order valence-electron chi connectivity index (χ2n) is 3.84. The van der Waals surface area contributed by atoms with Gasteiger partial charge in [-0.05, 0) is 25.1 Å². The molecule has 0 amide bonds. The fourth-order valence-electron chi connectivity index (χ4n) is 1.37. The van der Waals surface area contributed by atoms with Gasteiger partial charge in [-0.25, -0.2) is 9.18 Å². The number of carbonyl (C=O) groups is 2. The summed E-state index contributed by atoms with van der Waals surface area (Å²) in [5, 5.41) is 9.52. The maximum Gasteiger partial charge on any atom is 0.416 e. The lowest BCUT2D eigenvalue weighted by molar-refractivity contribution is -0.151. The van der Waals surface area contributed by atoms with E-state index in [0.717, 1.165) is 0 Å². The van der Waals surface area contributed by atoms with Crippen molar-refractivity contribution in [2.24, 2.45) is 0 Å². The molecule has 0 aliphatic carbocycles. The Bertz CT molecular complexity index is 590. The average molecular weight is 306 g/mol. The fourth-order valence-corrected chi connectivity index (χ4v) is 1.37. The van der Waals surface area contributed by atoms with Gasteiger partial charge in [0.2, 0.25) is 0 Å². The van der Waals surface area contributed by atoms with Gasteiger partial charge >= 0.3 is 12.1 Å². The van der Waals surface area contributed by atoms with Crippen LogP contribution in [0.4, 0.5) is 17.6 Å². The molecule has 0 atom stereocenters. The summed E-state index contributed by atoms with van der Waals surface area (Å²) in [4.78, 5) is 22.3. The van der Waals surface area contributed by atoms with Gasteiger partial charge < -0.3 is 9.84 Å². The Hall–Kier alpha value is -2.38. The molecule has 0 bridgehead atoms. The molecule has 4 nitrogen and oxygen atoms in total. The smallest absolute Gasteiger partial charge is 0.416 e. The van der Waals surface area contributed by atoms with Crippen LogP contribution in [0.15, 0.2) is 24.3 Å². The molecule has 114 valence electrons. The third kappa shape index (κ3) is 4.59. The number of hydrogen-bond donors (Lipinski definition) is 1. The molecule has 1 N–H and O–H groups in total. The number of aliphatic hydroxyl groups excluding tert-OH is 1. The molecule has 1 aromatic rings. The zero-order valence-electron chi connectivity index (χ0n) is 10.7. The zero-order valence-corrected chi connectivity index (χ0v) is 10.7. The number of rotatable bonds is 4. The van der Waals surface area contributed by atoms with E-state index in [9.17, 15) is 32.3 Å². The zero-order chi connectivity index (χ0) is 16.2. The topological polar surface area (TPSA) is 63.6 Å². The monoisotopic (exact) mass is 306 g/mol. The molecule has 0 aromatic heterocycles. The lowest BCUT2D eigenvalue weighted by Gasteiger charge is -2.09. The minimum absolute atomic E-state index is 0.0860. The maximum absolute atomic E-state index is 13.1. The highest BCUT2D eigenvalue weighted by molar-refractivity contribution is 6.39. The first-order chi connectivity index (χ1) is 9.65. The summed E-state index contributed by atoms with van der Waals surface area (Å²) in [7, 11) is 0. The van der Waals surface area contributed by atoms with E-state index >= 15 is 0 Å². The van der Waals surface area contributed by atoms with Crippen LogP contribution in [0, 0.1) is 5.82 Å². The number of alkyl halides is 3. The number of ether oxygens (including phenoxy) is 1. The van der Waals surface area contributed by atoms with Crippen LogP contribution in [0.1, 0.15) is 18.1 Å². The van der Waals surface area contributed by atoms with Gasteiger partial charge in [0.15, 0.2) is 0 Å². The molecule has 0 saturated heterocycles. The Labute approximate surface area is 116 Å². The minimum Gasteiger partial charge on any atom is -0.507 e. The summed E-state index contributed by atoms with van der Waals surface area (Å²) < 4.78 is 54.9. The summed E-state index contributed by atoms with van der Waals surface area (Å²) >= 11 is 0. The van der Waals surface area contributed by atoms with Crippen LogP contribution in [-0.2, 0) is 20.5 Å². The van der Waals surface area contributed by atoms with E-state index in [2.05, 4.69) is 4.74 Å². The van der Waals surface area contributed by atoms with Gasteiger partial charge in [-0.3, -0.25) is 4.79 Å². The summed E-state index contributed by atoms with van der Waals surface area (Å²) in [6, 6.07) is 1.29. The van der Waals surface area contributed by atoms with Crippen molar-refractivity contribution in [2.75, 3.05) is 6.61 Å². The molecule has 0 aliphatic rings. The predicted octanol–water partition coefficient (Wildman–Crippen LogP) is 2.88. The molecule has 1 rings (SSSR count). The van der Waals surface area contributed by atoms with Crippen LogP contribution < -0.4 is 0 Å². The molecule has 8 heteroatoms. The molecule has 1 aromatic carbocycles. The second-order valence-corrected chi connectivity index (χ2v) is 3.84. The largest absolute Gasteiger partial charge is 0.507 e. The van der Waals surface area contributed by atoms with Gasteiger partial charge in [0.05, 0.1) is 12.2 Å². The van der Waals surface area contributed by atoms with Crippen LogP contribution in [0.3, 0.4) is 0 Å². The first-order valence-electron chi connectivity index (χ1n) is 5.65. The molecule has 0 radical (unpaired) electrons. The van der Waals surface area contributed by atoms with Gasteiger partial charge in [0.25, 0.3) is 5.78 Å². The Morgan fingerprint density at radius 2 is 1.90 bits per heavy atom. The van der Waals surface area contributed by atoms with E-state index in [1.165, 1.54) is 6.92 Å². The first kappa shape index (κ1) is 16.7. The van der Waals surface area contributed by atoms with Crippen molar-refractivity contribution < 1.29 is 37.0 Å². The highest BCUT2D eigenvalue weighted by atomic mass is 19.4. The van der Waals surface area contributed by atoms with Crippen molar-refractivity contribution in [1.82, 2.24) is 0 Å². The van der Waals surface area contributed by atoms with E-state index in [1.807, 2.05) is 0 Å². The lowest BCUT2D eigenvalue weighted by atomic mass is 10.1. The predicted molar refractivity (Wildman–Crippen MR) is 63.6 cm³/mol. The molecule has 0 heterocycles. The Balaban J connectivity index is 3.13. The Kier molecular flexibility index (Phi) is 5.07. The number of hydrogen-bond acceptors (Lipinski definition) is 4. The van der Waals surface area contributed by atoms with Crippen molar-refractivity contribution in [1.29, 1.82) is 0 Å². The normalized spacial score (nSPS) is 12.1. The highest BCUT2D eigenvalue weighted by Crippen LogP contribution is 2.31. The van der Waals surface area contributed by atoms with Crippen LogP contribution in [0.25, 0.3) is 5.76 Å². The standard InChI is InChI=1S/C13H10F4O4/c1-2-21-12(20)11(19)6-10(18)7-3-8(13(15,16)17)5-9(14)4-7/h3-6,18H,2H2,1H3/b10-6+. The van der Waals surface area contributed by atoms with Crippen LogP contribution >= 0.6 is 0 Å². The molecule has 0 fully saturated rings. The van der Waals surface area contributed by atoms with Gasteiger partial charge in [-0.2, -0.15) is 13.2 Å². The molecule has 0 unspecified atom stereocenters. The van der Waals surface area contributed by atoms with E-state index in [0.29, 0.717) is 18.2 Å². The van der Waals surface area contributed by atoms with E-state index in [4.69, 9.17) is 0 Å². The third-order valence-electron chi connectivity index (χ3n) is 2.27. The van der Waals surface area contributed by atoms with Gasteiger partial charge in [0, 0.05) is 11.6 Å². The summed E-state index contributed by atoms with van der Waals surface area (Å²) in [5.74, 6) is -4.77. The Morgan fingerprint density at radius 1 is 1.29 bits per heavy atom. The number of benzene rings is 1. The van der Waals surface area contributed by atoms with E-state index < -0.39 is 40.6 Å². The number of carbonyl (C=O) groups excluding carboxylic acids is 2. The summed E-state index contributed by atoms with van der Waals surface area (Å²) in [6.07, 6.45) is -4.45. The molecule has 0 aliphatic heterocycles. The molecular weight excluding hydrogens is 296 g/mol. The van der Waals surface area contributed by atoms with Crippen molar-refractivity contribution in [3.63, 3.8) is 0 Å². The average Bonchev–Trinajstić information content (AvgIpc) is 2.37. The Morgan fingerprint density at radius 3 is 2.43 bits per heavy atom. The fraction of sp³-hybridized carbons (Fsp3) is 0.231. The van der Waals surface area contributed by atoms with Gasteiger partial charge in [0.1, 0.15) is 11.6 Å². The first-order valence-corrected chi connectivity index (χ1v) is 5.65. The number of aliphatic hydroxyl groups is 1. The van der Waals surface area contributed by atoms with Crippen molar-refractivity contribution >= 4 is 17.5 Å². The highest BCUT2D eigenvalue weighted by Gasteiger charge is 2.31. The molecule has 21 heavy (non-hydrogen) atoms. The van der Waals surface area contributed by atoms with Crippen LogP contribution in [0.5, 0.6) is 0 Å². The minimum atomic E-state index is -4.82. The van der Waals surface area contributed by atoms with Crippen LogP contribution in [0.2, 0.25) is 0 Å². The number of esters is 1. The van der Waals surface area contributed by atoms with E-state index in [-0.39, 0.29) is 12.7 Å². The summed E-state index contributed by atoms with van der Waals surface area (Å²) in [5.41, 5.74) is -1.92. The maximum atomic E-state index is 13.1. The molecular formula is C13H10F4O4. The second kappa shape index (κ2) is 6.38. The van der Waals surface area contributed by atoms with Crippen LogP contribution in [-0.4, -0.2) is 23.5 Å². The lowest BCUT2D eigenvalue weighted by Crippen LogP contribution is -2.15. The molecule has 0 saturated carbocycles.